The van der Waals surface area contributed by atoms with Crippen molar-refractivity contribution in [3.05, 3.63) is 59.2 Å². The smallest absolute Gasteiger partial charge is 0.163 e. The van der Waals surface area contributed by atoms with Gasteiger partial charge in [0.1, 0.15) is 5.75 Å². The van der Waals surface area contributed by atoms with Crippen LogP contribution in [0.15, 0.2) is 42.5 Å². The van der Waals surface area contributed by atoms with Crippen molar-refractivity contribution in [3.8, 4) is 5.75 Å². The molecule has 1 aliphatic heterocycles. The number of anilines is 1. The molecule has 0 aromatic heterocycles. The van der Waals surface area contributed by atoms with Gasteiger partial charge in [-0.05, 0) is 35.7 Å². The van der Waals surface area contributed by atoms with Crippen LogP contribution >= 0.6 is 0 Å². The number of hydrogen-bond donors (Lipinski definition) is 1. The summed E-state index contributed by atoms with van der Waals surface area (Å²) in [6, 6.07) is 13.3. The number of rotatable bonds is 4. The summed E-state index contributed by atoms with van der Waals surface area (Å²) in [4.78, 5) is 12.1. The summed E-state index contributed by atoms with van der Waals surface area (Å²) in [5.74, 6) is 1.12. The highest BCUT2D eigenvalue weighted by Crippen LogP contribution is 2.26. The number of carbonyl (C=O) groups excluding carboxylic acids is 1. The molecule has 0 fully saturated rings. The molecule has 0 aliphatic carbocycles. The van der Waals surface area contributed by atoms with E-state index in [0.717, 1.165) is 25.2 Å². The van der Waals surface area contributed by atoms with E-state index in [0.29, 0.717) is 17.7 Å². The molecule has 0 radical (unpaired) electrons. The van der Waals surface area contributed by atoms with Crippen molar-refractivity contribution in [1.29, 1.82) is 0 Å². The fourth-order valence-corrected chi connectivity index (χ4v) is 2.51. The predicted octanol–water partition coefficient (Wildman–Crippen LogP) is 3.02. The summed E-state index contributed by atoms with van der Waals surface area (Å²) in [5, 5.41) is 0. The van der Waals surface area contributed by atoms with Crippen LogP contribution in [-0.4, -0.2) is 12.4 Å². The monoisotopic (exact) mass is 267 g/mol. The Hall–Kier alpha value is -2.29. The molecule has 0 saturated heterocycles. The van der Waals surface area contributed by atoms with Gasteiger partial charge in [-0.25, -0.2) is 0 Å². The molecule has 3 nitrogen and oxygen atoms in total. The van der Waals surface area contributed by atoms with Gasteiger partial charge in [-0.3, -0.25) is 4.79 Å². The Balaban J connectivity index is 1.66. The zero-order valence-electron chi connectivity index (χ0n) is 11.3. The Labute approximate surface area is 118 Å². The lowest BCUT2D eigenvalue weighted by Crippen LogP contribution is -2.02. The van der Waals surface area contributed by atoms with Crippen molar-refractivity contribution in [2.75, 3.05) is 12.3 Å². The van der Waals surface area contributed by atoms with Crippen LogP contribution in [0.25, 0.3) is 0 Å². The highest BCUT2D eigenvalue weighted by atomic mass is 16.5. The summed E-state index contributed by atoms with van der Waals surface area (Å²) in [6.45, 7) is 0.765. The molecule has 3 rings (SSSR count). The Bertz CT molecular complexity index is 649. The number of ketones is 1. The summed E-state index contributed by atoms with van der Waals surface area (Å²) < 4.78 is 5.48. The van der Waals surface area contributed by atoms with E-state index >= 15 is 0 Å². The first-order valence-electron chi connectivity index (χ1n) is 6.86. The fourth-order valence-electron chi connectivity index (χ4n) is 2.51. The highest BCUT2D eigenvalue weighted by molar-refractivity contribution is 5.96. The lowest BCUT2D eigenvalue weighted by Gasteiger charge is -2.05. The third-order valence-electron chi connectivity index (χ3n) is 3.60. The van der Waals surface area contributed by atoms with Crippen molar-refractivity contribution >= 4 is 11.5 Å². The maximum Gasteiger partial charge on any atom is 0.163 e. The molecule has 2 aromatic carbocycles. The maximum absolute atomic E-state index is 12.1. The molecular formula is C17H17NO2. The van der Waals surface area contributed by atoms with Crippen molar-refractivity contribution in [2.24, 2.45) is 0 Å². The molecule has 0 saturated carbocycles. The number of aryl methyl sites for hydroxylation is 1. The number of Topliss-reactive ketones (excluding diaryl/α,β-unsaturated/α-hetero) is 1. The zero-order chi connectivity index (χ0) is 13.9. The molecule has 0 spiro atoms. The van der Waals surface area contributed by atoms with Gasteiger partial charge in [-0.1, -0.05) is 24.3 Å². The van der Waals surface area contributed by atoms with E-state index < -0.39 is 0 Å². The molecule has 1 heterocycles. The quantitative estimate of drug-likeness (QED) is 0.684. The highest BCUT2D eigenvalue weighted by Gasteiger charge is 2.13. The first-order valence-corrected chi connectivity index (χ1v) is 6.86. The van der Waals surface area contributed by atoms with Gasteiger partial charge in [0.2, 0.25) is 0 Å². The largest absolute Gasteiger partial charge is 0.493 e. The van der Waals surface area contributed by atoms with E-state index in [1.807, 2.05) is 24.3 Å². The second-order valence-corrected chi connectivity index (χ2v) is 5.09. The molecule has 1 aliphatic rings. The van der Waals surface area contributed by atoms with Gasteiger partial charge in [-0.2, -0.15) is 0 Å². The molecule has 0 amide bonds. The Morgan fingerprint density at radius 3 is 2.95 bits per heavy atom. The number of nitrogen functional groups attached to an aromatic ring is 1. The van der Waals surface area contributed by atoms with E-state index in [2.05, 4.69) is 6.07 Å². The second kappa shape index (κ2) is 5.37. The number of ether oxygens (including phenoxy) is 1. The minimum atomic E-state index is 0.133. The minimum Gasteiger partial charge on any atom is -0.493 e. The van der Waals surface area contributed by atoms with Crippen LogP contribution in [-0.2, 0) is 12.8 Å². The Kier molecular flexibility index (Phi) is 3.42. The Morgan fingerprint density at radius 1 is 1.20 bits per heavy atom. The lowest BCUT2D eigenvalue weighted by molar-refractivity contribution is 0.0983. The molecule has 2 aromatic rings. The van der Waals surface area contributed by atoms with Crippen molar-refractivity contribution in [1.82, 2.24) is 0 Å². The molecule has 0 bridgehead atoms. The summed E-state index contributed by atoms with van der Waals surface area (Å²) in [5.41, 5.74) is 9.45. The third kappa shape index (κ3) is 2.67. The van der Waals surface area contributed by atoms with Gasteiger partial charge < -0.3 is 10.5 Å². The van der Waals surface area contributed by atoms with Crippen LogP contribution in [0.5, 0.6) is 5.75 Å². The predicted molar refractivity (Wildman–Crippen MR) is 79.1 cm³/mol. The van der Waals surface area contributed by atoms with Crippen LogP contribution in [0.2, 0.25) is 0 Å². The Morgan fingerprint density at radius 2 is 2.10 bits per heavy atom. The van der Waals surface area contributed by atoms with Crippen LogP contribution in [0.1, 0.15) is 27.9 Å². The molecule has 20 heavy (non-hydrogen) atoms. The summed E-state index contributed by atoms with van der Waals surface area (Å²) in [6.07, 6.45) is 2.22. The number of fused-ring (bicyclic) bond motifs is 1. The van der Waals surface area contributed by atoms with Gasteiger partial charge in [0.05, 0.1) is 6.61 Å². The SMILES string of the molecule is Nc1cccc(C(=O)CCc2ccc3c(c2)CCO3)c1. The molecular weight excluding hydrogens is 250 g/mol. The van der Waals surface area contributed by atoms with E-state index in [4.69, 9.17) is 10.5 Å². The molecule has 102 valence electrons. The third-order valence-corrected chi connectivity index (χ3v) is 3.60. The van der Waals surface area contributed by atoms with Crippen LogP contribution in [0.4, 0.5) is 5.69 Å². The van der Waals surface area contributed by atoms with Crippen LogP contribution in [0.3, 0.4) is 0 Å². The molecule has 0 atom stereocenters. The average Bonchev–Trinajstić information content (AvgIpc) is 2.92. The second-order valence-electron chi connectivity index (χ2n) is 5.09. The van der Waals surface area contributed by atoms with Gasteiger partial charge in [-0.15, -0.1) is 0 Å². The van der Waals surface area contributed by atoms with Gasteiger partial charge in [0.25, 0.3) is 0 Å². The molecule has 2 N–H and O–H groups in total. The van der Waals surface area contributed by atoms with E-state index in [1.54, 1.807) is 12.1 Å². The molecule has 0 unspecified atom stereocenters. The summed E-state index contributed by atoms with van der Waals surface area (Å²) >= 11 is 0. The van der Waals surface area contributed by atoms with Crippen molar-refractivity contribution < 1.29 is 9.53 Å². The van der Waals surface area contributed by atoms with E-state index in [1.165, 1.54) is 11.1 Å². The van der Waals surface area contributed by atoms with E-state index in [9.17, 15) is 4.79 Å². The standard InChI is InChI=1S/C17H17NO2/c18-15-3-1-2-13(11-15)16(19)6-4-12-5-7-17-14(10-12)8-9-20-17/h1-3,5,7,10-11H,4,6,8-9,18H2. The first-order chi connectivity index (χ1) is 9.72. The van der Waals surface area contributed by atoms with Gasteiger partial charge >= 0.3 is 0 Å². The summed E-state index contributed by atoms with van der Waals surface area (Å²) in [7, 11) is 0. The number of benzene rings is 2. The van der Waals surface area contributed by atoms with Crippen molar-refractivity contribution in [3.63, 3.8) is 0 Å². The number of hydrogen-bond acceptors (Lipinski definition) is 3. The number of carbonyl (C=O) groups is 1. The zero-order valence-corrected chi connectivity index (χ0v) is 11.3. The maximum atomic E-state index is 12.1. The van der Waals surface area contributed by atoms with E-state index in [-0.39, 0.29) is 5.78 Å². The van der Waals surface area contributed by atoms with Crippen molar-refractivity contribution in [2.45, 2.75) is 19.3 Å². The minimum absolute atomic E-state index is 0.133. The number of nitrogens with two attached hydrogens (primary N) is 1. The van der Waals surface area contributed by atoms with Crippen LogP contribution in [0, 0.1) is 0 Å². The lowest BCUT2D eigenvalue weighted by atomic mass is 10.0. The molecule has 3 heteroatoms. The fraction of sp³-hybridized carbons (Fsp3) is 0.235. The topological polar surface area (TPSA) is 52.3 Å². The van der Waals surface area contributed by atoms with Crippen LogP contribution < -0.4 is 10.5 Å². The van der Waals surface area contributed by atoms with Gasteiger partial charge in [0.15, 0.2) is 5.78 Å². The first kappa shape index (κ1) is 12.7. The normalized spacial score (nSPS) is 12.8. The average molecular weight is 267 g/mol. The van der Waals surface area contributed by atoms with Gasteiger partial charge in [0, 0.05) is 24.1 Å².